The fraction of sp³-hybridized carbons (Fsp3) is 0.308. The second-order valence-electron chi connectivity index (χ2n) is 3.79. The van der Waals surface area contributed by atoms with Crippen LogP contribution in [0.25, 0.3) is 5.70 Å². The number of Topliss-reactive ketones (excluding diaryl/α,β-unsaturated/α-hetero) is 1. The molecular formula is C13H14N2O2. The van der Waals surface area contributed by atoms with Crippen LogP contribution in [-0.2, 0) is 4.79 Å². The monoisotopic (exact) mass is 230 g/mol. The number of fused-ring (bicyclic) bond motifs is 1. The van der Waals surface area contributed by atoms with Gasteiger partial charge in [0.05, 0.1) is 17.0 Å². The molecule has 1 aliphatic carbocycles. The molecule has 0 spiro atoms. The van der Waals surface area contributed by atoms with Gasteiger partial charge in [0, 0.05) is 25.4 Å². The zero-order chi connectivity index (χ0) is 12.4. The van der Waals surface area contributed by atoms with Crippen molar-refractivity contribution in [3.8, 4) is 0 Å². The van der Waals surface area contributed by atoms with Gasteiger partial charge in [-0.1, -0.05) is 0 Å². The molecule has 1 heterocycles. The van der Waals surface area contributed by atoms with Gasteiger partial charge < -0.3 is 4.90 Å². The lowest BCUT2D eigenvalue weighted by molar-refractivity contribution is -0.111. The molecule has 1 aliphatic rings. The van der Waals surface area contributed by atoms with Crippen LogP contribution in [0.4, 0.5) is 0 Å². The Bertz CT molecular complexity index is 502. The molecule has 0 saturated carbocycles. The van der Waals surface area contributed by atoms with Crippen LogP contribution in [0, 0.1) is 0 Å². The first-order chi connectivity index (χ1) is 8.19. The molecule has 0 aliphatic heterocycles. The number of aromatic nitrogens is 1. The van der Waals surface area contributed by atoms with E-state index in [2.05, 4.69) is 4.98 Å². The van der Waals surface area contributed by atoms with Crippen LogP contribution >= 0.6 is 0 Å². The SMILES string of the molecule is CCN(CC)C1=CC(=O)C(=O)c2cccnc21. The van der Waals surface area contributed by atoms with Gasteiger partial charge >= 0.3 is 0 Å². The van der Waals surface area contributed by atoms with Crippen LogP contribution in [0.15, 0.2) is 24.4 Å². The zero-order valence-corrected chi connectivity index (χ0v) is 9.93. The summed E-state index contributed by atoms with van der Waals surface area (Å²) in [7, 11) is 0. The van der Waals surface area contributed by atoms with E-state index < -0.39 is 11.6 Å². The van der Waals surface area contributed by atoms with Gasteiger partial charge in [0.2, 0.25) is 11.6 Å². The quantitative estimate of drug-likeness (QED) is 0.739. The lowest BCUT2D eigenvalue weighted by atomic mass is 9.96. The van der Waals surface area contributed by atoms with Gasteiger partial charge in [0.25, 0.3) is 0 Å². The molecule has 1 aromatic rings. The maximum absolute atomic E-state index is 11.7. The molecule has 0 saturated heterocycles. The van der Waals surface area contributed by atoms with E-state index in [0.29, 0.717) is 11.3 Å². The van der Waals surface area contributed by atoms with Crippen molar-refractivity contribution in [3.05, 3.63) is 35.7 Å². The second kappa shape index (κ2) is 4.49. The molecule has 0 radical (unpaired) electrons. The number of carbonyl (C=O) groups excluding carboxylic acids is 2. The van der Waals surface area contributed by atoms with Crippen LogP contribution in [-0.4, -0.2) is 34.5 Å². The number of allylic oxidation sites excluding steroid dienone is 1. The summed E-state index contributed by atoms with van der Waals surface area (Å²) in [4.78, 5) is 29.6. The van der Waals surface area contributed by atoms with Crippen molar-refractivity contribution in [1.82, 2.24) is 9.88 Å². The van der Waals surface area contributed by atoms with Crippen LogP contribution in [0.5, 0.6) is 0 Å². The summed E-state index contributed by atoms with van der Waals surface area (Å²) in [6.45, 7) is 5.57. The summed E-state index contributed by atoms with van der Waals surface area (Å²) in [6.07, 6.45) is 3.03. The molecule has 17 heavy (non-hydrogen) atoms. The molecular weight excluding hydrogens is 216 g/mol. The molecule has 0 aromatic carbocycles. The predicted octanol–water partition coefficient (Wildman–Crippen LogP) is 1.53. The van der Waals surface area contributed by atoms with E-state index in [1.807, 2.05) is 18.7 Å². The minimum Gasteiger partial charge on any atom is -0.370 e. The van der Waals surface area contributed by atoms with E-state index in [1.54, 1.807) is 18.3 Å². The van der Waals surface area contributed by atoms with Gasteiger partial charge in [0.15, 0.2) is 0 Å². The first-order valence-corrected chi connectivity index (χ1v) is 5.69. The third kappa shape index (κ3) is 1.86. The van der Waals surface area contributed by atoms with E-state index >= 15 is 0 Å². The summed E-state index contributed by atoms with van der Waals surface area (Å²) >= 11 is 0. The molecule has 0 fully saturated rings. The molecule has 4 heteroatoms. The topological polar surface area (TPSA) is 50.3 Å². The number of ketones is 2. The predicted molar refractivity (Wildman–Crippen MR) is 64.5 cm³/mol. The van der Waals surface area contributed by atoms with Crippen LogP contribution in [0.1, 0.15) is 29.9 Å². The number of nitrogens with zero attached hydrogens (tertiary/aromatic N) is 2. The number of rotatable bonds is 3. The van der Waals surface area contributed by atoms with E-state index in [1.165, 1.54) is 6.08 Å². The molecule has 2 rings (SSSR count). The Balaban J connectivity index is 2.57. The molecule has 0 atom stereocenters. The lowest BCUT2D eigenvalue weighted by Crippen LogP contribution is -2.29. The highest BCUT2D eigenvalue weighted by Gasteiger charge is 2.28. The van der Waals surface area contributed by atoms with Gasteiger partial charge in [-0.3, -0.25) is 14.6 Å². The highest BCUT2D eigenvalue weighted by molar-refractivity contribution is 6.50. The van der Waals surface area contributed by atoms with E-state index in [-0.39, 0.29) is 0 Å². The molecule has 0 unspecified atom stereocenters. The van der Waals surface area contributed by atoms with Gasteiger partial charge in [-0.25, -0.2) is 0 Å². The lowest BCUT2D eigenvalue weighted by Gasteiger charge is -2.26. The Kier molecular flexibility index (Phi) is 3.04. The van der Waals surface area contributed by atoms with Crippen LogP contribution in [0.3, 0.4) is 0 Å². The second-order valence-corrected chi connectivity index (χ2v) is 3.79. The van der Waals surface area contributed by atoms with Gasteiger partial charge in [0.1, 0.15) is 0 Å². The summed E-state index contributed by atoms with van der Waals surface area (Å²) in [5.41, 5.74) is 1.76. The van der Waals surface area contributed by atoms with Crippen molar-refractivity contribution in [2.24, 2.45) is 0 Å². The average Bonchev–Trinajstić information content (AvgIpc) is 2.37. The van der Waals surface area contributed by atoms with E-state index in [4.69, 9.17) is 0 Å². The minimum absolute atomic E-state index is 0.405. The number of hydrogen-bond acceptors (Lipinski definition) is 4. The third-order valence-electron chi connectivity index (χ3n) is 2.89. The number of carbonyl (C=O) groups is 2. The van der Waals surface area contributed by atoms with Gasteiger partial charge in [-0.2, -0.15) is 0 Å². The van der Waals surface area contributed by atoms with Crippen molar-refractivity contribution < 1.29 is 9.59 Å². The Hall–Kier alpha value is -1.97. The van der Waals surface area contributed by atoms with Crippen LogP contribution in [0.2, 0.25) is 0 Å². The minimum atomic E-state index is -0.469. The van der Waals surface area contributed by atoms with Crippen molar-refractivity contribution in [1.29, 1.82) is 0 Å². The standard InChI is InChI=1S/C13H14N2O2/c1-3-15(4-2)10-8-11(16)13(17)9-6-5-7-14-12(9)10/h5-8H,3-4H2,1-2H3. The van der Waals surface area contributed by atoms with Gasteiger partial charge in [-0.15, -0.1) is 0 Å². The summed E-state index contributed by atoms with van der Waals surface area (Å²) < 4.78 is 0. The van der Waals surface area contributed by atoms with E-state index in [0.717, 1.165) is 18.8 Å². The fourth-order valence-electron chi connectivity index (χ4n) is 1.99. The number of hydrogen-bond donors (Lipinski definition) is 0. The first-order valence-electron chi connectivity index (χ1n) is 5.69. The summed E-state index contributed by atoms with van der Waals surface area (Å²) in [5.74, 6) is -0.934. The third-order valence-corrected chi connectivity index (χ3v) is 2.89. The highest BCUT2D eigenvalue weighted by atomic mass is 16.2. The smallest absolute Gasteiger partial charge is 0.235 e. The normalized spacial score (nSPS) is 14.4. The van der Waals surface area contributed by atoms with Crippen LogP contribution < -0.4 is 0 Å². The molecule has 0 N–H and O–H groups in total. The molecule has 1 aromatic heterocycles. The Morgan fingerprint density at radius 3 is 2.59 bits per heavy atom. The summed E-state index contributed by atoms with van der Waals surface area (Å²) in [5, 5.41) is 0. The zero-order valence-electron chi connectivity index (χ0n) is 9.93. The first kappa shape index (κ1) is 11.5. The van der Waals surface area contributed by atoms with Crippen molar-refractivity contribution in [3.63, 3.8) is 0 Å². The molecule has 88 valence electrons. The van der Waals surface area contributed by atoms with E-state index in [9.17, 15) is 9.59 Å². The number of pyridine rings is 1. The van der Waals surface area contributed by atoms with Crippen molar-refractivity contribution in [2.45, 2.75) is 13.8 Å². The average molecular weight is 230 g/mol. The summed E-state index contributed by atoms with van der Waals surface area (Å²) in [6, 6.07) is 3.33. The largest absolute Gasteiger partial charge is 0.370 e. The van der Waals surface area contributed by atoms with Gasteiger partial charge in [-0.05, 0) is 26.0 Å². The molecule has 4 nitrogen and oxygen atoms in total. The Morgan fingerprint density at radius 1 is 1.24 bits per heavy atom. The fourth-order valence-corrected chi connectivity index (χ4v) is 1.99. The Labute approximate surface area is 100.0 Å². The molecule has 0 bridgehead atoms. The molecule has 0 amide bonds. The van der Waals surface area contributed by atoms with Crippen molar-refractivity contribution in [2.75, 3.05) is 13.1 Å². The van der Waals surface area contributed by atoms with Crippen molar-refractivity contribution >= 4 is 17.3 Å². The maximum Gasteiger partial charge on any atom is 0.235 e. The Morgan fingerprint density at radius 2 is 1.94 bits per heavy atom. The highest BCUT2D eigenvalue weighted by Crippen LogP contribution is 2.25. The maximum atomic E-state index is 11.7.